The Morgan fingerprint density at radius 2 is 1.63 bits per heavy atom. The lowest BCUT2D eigenvalue weighted by atomic mass is 10.1. The summed E-state index contributed by atoms with van der Waals surface area (Å²) in [6.45, 7) is 0. The molecule has 3 rings (SSSR count). The summed E-state index contributed by atoms with van der Waals surface area (Å²) in [6.07, 6.45) is 4.52. The normalized spacial score (nSPS) is 11.0. The van der Waals surface area contributed by atoms with Crippen LogP contribution in [0.4, 0.5) is 5.69 Å². The lowest BCUT2D eigenvalue weighted by Crippen LogP contribution is -2.20. The van der Waals surface area contributed by atoms with Crippen molar-refractivity contribution in [3.05, 3.63) is 106 Å². The van der Waals surface area contributed by atoms with Crippen LogP contribution in [0.15, 0.2) is 84.0 Å². The van der Waals surface area contributed by atoms with Crippen molar-refractivity contribution in [1.82, 2.24) is 5.43 Å². The van der Waals surface area contributed by atoms with Gasteiger partial charge in [-0.25, -0.2) is 5.43 Å². The maximum Gasteiger partial charge on any atom is 0.273 e. The molecule has 3 aromatic carbocycles. The Labute approximate surface area is 184 Å². The highest BCUT2D eigenvalue weighted by atomic mass is 35.5. The van der Waals surface area contributed by atoms with E-state index in [1.165, 1.54) is 12.3 Å². The van der Waals surface area contributed by atoms with Crippen LogP contribution in [0.3, 0.4) is 0 Å². The third-order valence-corrected chi connectivity index (χ3v) is 4.55. The number of nitrogens with zero attached hydrogens (tertiary/aromatic N) is 1. The van der Waals surface area contributed by atoms with Gasteiger partial charge < -0.3 is 5.32 Å². The lowest BCUT2D eigenvalue weighted by molar-refractivity contribution is -0.111. The Kier molecular flexibility index (Phi) is 7.38. The van der Waals surface area contributed by atoms with Gasteiger partial charge in [-0.1, -0.05) is 71.7 Å². The number of rotatable bonds is 6. The van der Waals surface area contributed by atoms with Gasteiger partial charge in [0.25, 0.3) is 5.91 Å². The summed E-state index contributed by atoms with van der Waals surface area (Å²) in [5, 5.41) is 7.56. The van der Waals surface area contributed by atoms with E-state index in [0.29, 0.717) is 21.3 Å². The molecule has 0 fully saturated rings. The topological polar surface area (TPSA) is 70.6 Å². The van der Waals surface area contributed by atoms with Gasteiger partial charge >= 0.3 is 0 Å². The van der Waals surface area contributed by atoms with Gasteiger partial charge in [-0.2, -0.15) is 5.10 Å². The molecule has 0 saturated heterocycles. The predicted octanol–water partition coefficient (Wildman–Crippen LogP) is 5.41. The first-order valence-electron chi connectivity index (χ1n) is 8.94. The van der Waals surface area contributed by atoms with Gasteiger partial charge in [0.05, 0.1) is 22.5 Å². The molecule has 5 nitrogen and oxygen atoms in total. The highest BCUT2D eigenvalue weighted by molar-refractivity contribution is 6.36. The van der Waals surface area contributed by atoms with E-state index in [1.807, 2.05) is 30.3 Å². The first-order valence-corrected chi connectivity index (χ1v) is 9.70. The number of anilines is 1. The molecule has 0 heterocycles. The fourth-order valence-corrected chi connectivity index (χ4v) is 2.98. The Hall–Kier alpha value is -3.41. The van der Waals surface area contributed by atoms with Crippen LogP contribution >= 0.6 is 23.2 Å². The summed E-state index contributed by atoms with van der Waals surface area (Å²) in [7, 11) is 0. The van der Waals surface area contributed by atoms with Crippen LogP contribution in [0.25, 0.3) is 6.08 Å². The van der Waals surface area contributed by atoms with E-state index in [9.17, 15) is 9.59 Å². The minimum Gasteiger partial charge on any atom is -0.322 e. The minimum atomic E-state index is -0.473. The van der Waals surface area contributed by atoms with E-state index in [2.05, 4.69) is 15.8 Å². The van der Waals surface area contributed by atoms with Crippen molar-refractivity contribution >= 4 is 53.0 Å². The van der Waals surface area contributed by atoms with Gasteiger partial charge in [0.2, 0.25) is 5.91 Å². The van der Waals surface area contributed by atoms with E-state index >= 15 is 0 Å². The highest BCUT2D eigenvalue weighted by Gasteiger charge is 2.11. The van der Waals surface area contributed by atoms with Crippen molar-refractivity contribution in [3.8, 4) is 0 Å². The Morgan fingerprint density at radius 3 is 2.40 bits per heavy atom. The predicted molar refractivity (Wildman–Crippen MR) is 122 cm³/mol. The number of amides is 2. The summed E-state index contributed by atoms with van der Waals surface area (Å²) in [5.41, 5.74) is 4.58. The first kappa shape index (κ1) is 21.3. The number of hydrogen-bond donors (Lipinski definition) is 2. The van der Waals surface area contributed by atoms with Crippen molar-refractivity contribution in [2.45, 2.75) is 0 Å². The number of halogens is 2. The maximum atomic E-state index is 12.5. The van der Waals surface area contributed by atoms with Crippen LogP contribution in [0.5, 0.6) is 0 Å². The van der Waals surface area contributed by atoms with Gasteiger partial charge in [-0.3, -0.25) is 9.59 Å². The zero-order valence-corrected chi connectivity index (χ0v) is 17.2. The molecule has 7 heteroatoms. The molecule has 150 valence electrons. The van der Waals surface area contributed by atoms with E-state index in [0.717, 1.165) is 5.56 Å². The van der Waals surface area contributed by atoms with Crippen LogP contribution in [0.2, 0.25) is 10.0 Å². The molecule has 0 bridgehead atoms. The molecule has 0 aromatic heterocycles. The number of carbonyl (C=O) groups is 2. The monoisotopic (exact) mass is 437 g/mol. The molecule has 0 aliphatic carbocycles. The summed E-state index contributed by atoms with van der Waals surface area (Å²) < 4.78 is 0. The second-order valence-corrected chi connectivity index (χ2v) is 6.99. The number of nitrogens with one attached hydrogen (secondary N) is 2. The Balaban J connectivity index is 1.66. The van der Waals surface area contributed by atoms with Crippen molar-refractivity contribution in [2.75, 3.05) is 5.32 Å². The third kappa shape index (κ3) is 6.04. The van der Waals surface area contributed by atoms with Crippen LogP contribution in [-0.4, -0.2) is 18.0 Å². The average Bonchev–Trinajstić information content (AvgIpc) is 2.75. The average molecular weight is 438 g/mol. The molecule has 0 saturated carbocycles. The number of para-hydroxylation sites is 1. The van der Waals surface area contributed by atoms with E-state index in [4.69, 9.17) is 23.2 Å². The number of carbonyl (C=O) groups excluding carboxylic acids is 2. The number of hydrogen-bond acceptors (Lipinski definition) is 3. The Bertz CT molecular complexity index is 1110. The maximum absolute atomic E-state index is 12.5. The Morgan fingerprint density at radius 1 is 0.900 bits per heavy atom. The minimum absolute atomic E-state index is 0.276. The van der Waals surface area contributed by atoms with Crippen molar-refractivity contribution in [3.63, 3.8) is 0 Å². The highest BCUT2D eigenvalue weighted by Crippen LogP contribution is 2.19. The molecule has 0 spiro atoms. The van der Waals surface area contributed by atoms with Gasteiger partial charge in [-0.05, 0) is 35.9 Å². The fraction of sp³-hybridized carbons (Fsp3) is 0. The third-order valence-electron chi connectivity index (χ3n) is 3.99. The van der Waals surface area contributed by atoms with Gasteiger partial charge in [-0.15, -0.1) is 0 Å². The molecular formula is C23H17Cl2N3O2. The van der Waals surface area contributed by atoms with Gasteiger partial charge in [0.1, 0.15) is 0 Å². The summed E-state index contributed by atoms with van der Waals surface area (Å²) >= 11 is 11.9. The van der Waals surface area contributed by atoms with Crippen molar-refractivity contribution in [1.29, 1.82) is 0 Å². The molecule has 0 atom stereocenters. The van der Waals surface area contributed by atoms with E-state index in [1.54, 1.807) is 48.5 Å². The summed E-state index contributed by atoms with van der Waals surface area (Å²) in [5.74, 6) is -0.824. The smallest absolute Gasteiger partial charge is 0.273 e. The first-order chi connectivity index (χ1) is 14.5. The van der Waals surface area contributed by atoms with Crippen molar-refractivity contribution in [2.24, 2.45) is 5.10 Å². The molecule has 2 N–H and O–H groups in total. The van der Waals surface area contributed by atoms with Crippen LogP contribution < -0.4 is 10.7 Å². The quantitative estimate of drug-likeness (QED) is 0.307. The molecule has 30 heavy (non-hydrogen) atoms. The van der Waals surface area contributed by atoms with Crippen molar-refractivity contribution < 1.29 is 9.59 Å². The molecule has 3 aromatic rings. The summed E-state index contributed by atoms with van der Waals surface area (Å²) in [6, 6.07) is 21.0. The number of hydrazone groups is 1. The van der Waals surface area contributed by atoms with Gasteiger partial charge in [0.15, 0.2) is 0 Å². The molecule has 0 radical (unpaired) electrons. The zero-order valence-electron chi connectivity index (χ0n) is 15.7. The number of benzene rings is 3. The van der Waals surface area contributed by atoms with Crippen LogP contribution in [-0.2, 0) is 4.79 Å². The molecule has 0 unspecified atom stereocenters. The van der Waals surface area contributed by atoms with E-state index < -0.39 is 5.91 Å². The summed E-state index contributed by atoms with van der Waals surface area (Å²) in [4.78, 5) is 24.7. The van der Waals surface area contributed by atoms with Crippen LogP contribution in [0.1, 0.15) is 21.5 Å². The fourth-order valence-electron chi connectivity index (χ4n) is 2.53. The lowest BCUT2D eigenvalue weighted by Gasteiger charge is -2.08. The zero-order chi connectivity index (χ0) is 21.3. The van der Waals surface area contributed by atoms with Gasteiger partial charge in [0, 0.05) is 16.7 Å². The van der Waals surface area contributed by atoms with Crippen LogP contribution in [0, 0.1) is 0 Å². The second kappa shape index (κ2) is 10.4. The molecule has 2 amide bonds. The standard InChI is InChI=1S/C23H17Cl2N3O2/c24-18-12-11-17(20(25)14-18)15-26-28-23(30)19-8-4-5-9-21(19)27-22(29)13-10-16-6-2-1-3-7-16/h1-15H,(H,27,29)(H,28,30)/b13-10+,26-15-. The largest absolute Gasteiger partial charge is 0.322 e. The molecule has 0 aliphatic heterocycles. The SMILES string of the molecule is O=C(/C=C/c1ccccc1)Nc1ccccc1C(=O)N/N=C\c1ccc(Cl)cc1Cl. The molecular weight excluding hydrogens is 421 g/mol. The van der Waals surface area contributed by atoms with E-state index in [-0.39, 0.29) is 11.5 Å². The second-order valence-electron chi connectivity index (χ2n) is 6.14. The molecule has 0 aliphatic rings.